The van der Waals surface area contributed by atoms with Gasteiger partial charge in [0.05, 0.1) is 21.1 Å². The number of rotatable bonds is 2. The molecule has 9 heavy (non-hydrogen) atoms. The van der Waals surface area contributed by atoms with Crippen LogP contribution < -0.4 is 0 Å². The molecule has 0 fully saturated rings. The molecule has 0 aliphatic carbocycles. The van der Waals surface area contributed by atoms with Crippen molar-refractivity contribution in [2.24, 2.45) is 0 Å². The van der Waals surface area contributed by atoms with E-state index in [1.807, 2.05) is 0 Å². The molecule has 0 aliphatic rings. The summed E-state index contributed by atoms with van der Waals surface area (Å²) in [6.45, 7) is 0. The molecule has 0 spiro atoms. The summed E-state index contributed by atoms with van der Waals surface area (Å²) in [4.78, 5) is 16.5. The fourth-order valence-corrected chi connectivity index (χ4v) is 0.957. The Morgan fingerprint density at radius 2 is 1.67 bits per heavy atom. The van der Waals surface area contributed by atoms with Crippen LogP contribution >= 0.6 is 7.82 Å². The van der Waals surface area contributed by atoms with E-state index in [2.05, 4.69) is 4.62 Å². The average Bonchev–Trinajstić information content (AvgIpc) is 1.14. The number of hydrogen-bond donors (Lipinski definition) is 2. The van der Waals surface area contributed by atoms with Crippen molar-refractivity contribution < 1.29 is 23.6 Å². The Hall–Kier alpha value is 0.0700. The SMILES string of the molecule is C[N+](C)(C)OP(=O)(O)O. The first kappa shape index (κ1) is 9.07. The van der Waals surface area contributed by atoms with Gasteiger partial charge in [-0.15, -0.1) is 0 Å². The van der Waals surface area contributed by atoms with Crippen LogP contribution in [0.3, 0.4) is 0 Å². The smallest absolute Gasteiger partial charge is 0.300 e. The summed E-state index contributed by atoms with van der Waals surface area (Å²) in [6, 6.07) is 0. The van der Waals surface area contributed by atoms with Crippen LogP contribution in [-0.4, -0.2) is 35.6 Å². The zero-order valence-corrected chi connectivity index (χ0v) is 6.50. The van der Waals surface area contributed by atoms with E-state index in [1.54, 1.807) is 0 Å². The van der Waals surface area contributed by atoms with Crippen LogP contribution in [0.15, 0.2) is 0 Å². The molecule has 0 aromatic carbocycles. The Bertz CT molecular complexity index is 133. The van der Waals surface area contributed by atoms with Crippen LogP contribution in [0.4, 0.5) is 0 Å². The average molecular weight is 156 g/mol. The molecule has 0 aromatic rings. The molecular formula is C3H11NO4P+. The van der Waals surface area contributed by atoms with E-state index in [0.29, 0.717) is 0 Å². The quantitative estimate of drug-likeness (QED) is 0.327. The normalized spacial score (nSPS) is 13.9. The van der Waals surface area contributed by atoms with Gasteiger partial charge >= 0.3 is 7.82 Å². The summed E-state index contributed by atoms with van der Waals surface area (Å²) in [5, 5.41) is 0. The van der Waals surface area contributed by atoms with Gasteiger partial charge in [0.25, 0.3) is 0 Å². The predicted octanol–water partition coefficient (Wildman–Crippen LogP) is -0.283. The van der Waals surface area contributed by atoms with Crippen molar-refractivity contribution >= 4 is 7.82 Å². The summed E-state index contributed by atoms with van der Waals surface area (Å²) in [6.07, 6.45) is 0. The van der Waals surface area contributed by atoms with Crippen LogP contribution in [0.5, 0.6) is 0 Å². The van der Waals surface area contributed by atoms with Crippen molar-refractivity contribution in [1.29, 1.82) is 0 Å². The first-order valence-corrected chi connectivity index (χ1v) is 3.82. The number of hydrogen-bond acceptors (Lipinski definition) is 2. The van der Waals surface area contributed by atoms with E-state index in [-0.39, 0.29) is 4.65 Å². The monoisotopic (exact) mass is 156 g/mol. The Morgan fingerprint density at radius 1 is 1.33 bits per heavy atom. The van der Waals surface area contributed by atoms with Crippen LogP contribution in [0.2, 0.25) is 0 Å². The summed E-state index contributed by atoms with van der Waals surface area (Å²) in [5.41, 5.74) is 0. The Kier molecular flexibility index (Phi) is 2.38. The second kappa shape index (κ2) is 2.36. The maximum Gasteiger partial charge on any atom is 0.515 e. The third kappa shape index (κ3) is 8.07. The zero-order chi connectivity index (χ0) is 7.71. The Balaban J connectivity index is 3.90. The molecule has 0 bridgehead atoms. The summed E-state index contributed by atoms with van der Waals surface area (Å²) >= 11 is 0. The number of nitrogens with zero attached hydrogens (tertiary/aromatic N) is 1. The molecule has 2 N–H and O–H groups in total. The molecule has 0 aromatic heterocycles. The van der Waals surface area contributed by atoms with Crippen molar-refractivity contribution in [2.75, 3.05) is 21.1 Å². The van der Waals surface area contributed by atoms with Gasteiger partial charge in [-0.25, -0.2) is 4.57 Å². The Labute approximate surface area is 53.6 Å². The molecule has 0 saturated heterocycles. The van der Waals surface area contributed by atoms with E-state index < -0.39 is 7.82 Å². The summed E-state index contributed by atoms with van der Waals surface area (Å²) in [5.74, 6) is 0. The molecule has 56 valence electrons. The fraction of sp³-hybridized carbons (Fsp3) is 1.00. The van der Waals surface area contributed by atoms with E-state index in [9.17, 15) is 4.57 Å². The van der Waals surface area contributed by atoms with Gasteiger partial charge in [-0.05, 0) is 0 Å². The van der Waals surface area contributed by atoms with Gasteiger partial charge < -0.3 is 0 Å². The largest absolute Gasteiger partial charge is 0.515 e. The lowest BCUT2D eigenvalue weighted by atomic mass is 11.0. The third-order valence-electron chi connectivity index (χ3n) is 0.351. The molecule has 0 radical (unpaired) electrons. The van der Waals surface area contributed by atoms with Gasteiger partial charge in [-0.2, -0.15) is 4.65 Å². The molecule has 6 heteroatoms. The van der Waals surface area contributed by atoms with E-state index in [4.69, 9.17) is 9.79 Å². The Morgan fingerprint density at radius 3 is 1.67 bits per heavy atom. The first-order chi connectivity index (χ1) is 3.71. The minimum absolute atomic E-state index is 0.204. The van der Waals surface area contributed by atoms with Crippen LogP contribution in [0, 0.1) is 0 Å². The van der Waals surface area contributed by atoms with Gasteiger partial charge in [0.1, 0.15) is 0 Å². The van der Waals surface area contributed by atoms with Crippen LogP contribution in [-0.2, 0) is 9.19 Å². The standard InChI is InChI=1S/C3H10NO4P/c1-4(2,3)8-9(5,6)7/h1-3H3,(H-,5,6,7)/p+1. The van der Waals surface area contributed by atoms with Gasteiger partial charge in [0.2, 0.25) is 0 Å². The highest BCUT2D eigenvalue weighted by atomic mass is 31.2. The van der Waals surface area contributed by atoms with Crippen molar-refractivity contribution in [3.8, 4) is 0 Å². The molecule has 0 aliphatic heterocycles. The second-order valence-corrected chi connectivity index (χ2v) is 3.61. The predicted molar refractivity (Wildman–Crippen MR) is 31.2 cm³/mol. The minimum atomic E-state index is -4.32. The van der Waals surface area contributed by atoms with E-state index >= 15 is 0 Å². The number of hydroxylamine groups is 3. The van der Waals surface area contributed by atoms with Gasteiger partial charge in [0, 0.05) is 0 Å². The molecule has 0 unspecified atom stereocenters. The maximum atomic E-state index is 10.1. The van der Waals surface area contributed by atoms with E-state index in [1.165, 1.54) is 21.1 Å². The highest BCUT2D eigenvalue weighted by Gasteiger charge is 2.25. The van der Waals surface area contributed by atoms with Gasteiger partial charge in [0.15, 0.2) is 0 Å². The van der Waals surface area contributed by atoms with E-state index in [0.717, 1.165) is 0 Å². The van der Waals surface area contributed by atoms with Crippen molar-refractivity contribution in [3.05, 3.63) is 0 Å². The molecular weight excluding hydrogens is 145 g/mol. The summed E-state index contributed by atoms with van der Waals surface area (Å²) in [7, 11) is 0.224. The highest BCUT2D eigenvalue weighted by molar-refractivity contribution is 7.46. The highest BCUT2D eigenvalue weighted by Crippen LogP contribution is 2.37. The first-order valence-electron chi connectivity index (χ1n) is 2.29. The topological polar surface area (TPSA) is 66.8 Å². The lowest BCUT2D eigenvalue weighted by Gasteiger charge is -2.20. The molecule has 0 saturated carbocycles. The molecule has 0 heterocycles. The zero-order valence-electron chi connectivity index (χ0n) is 5.61. The molecule has 0 atom stereocenters. The second-order valence-electron chi connectivity index (χ2n) is 2.46. The lowest BCUT2D eigenvalue weighted by Crippen LogP contribution is -2.32. The molecule has 0 rings (SSSR count). The van der Waals surface area contributed by atoms with Crippen molar-refractivity contribution in [3.63, 3.8) is 0 Å². The van der Waals surface area contributed by atoms with Crippen molar-refractivity contribution in [2.45, 2.75) is 0 Å². The maximum absolute atomic E-state index is 10.1. The number of quaternary nitrogens is 1. The van der Waals surface area contributed by atoms with Gasteiger partial charge in [-0.3, -0.25) is 9.79 Å². The third-order valence-corrected chi connectivity index (χ3v) is 1.05. The summed E-state index contributed by atoms with van der Waals surface area (Å²) < 4.78 is 14.1. The fourth-order valence-electron chi connectivity index (χ4n) is 0.319. The van der Waals surface area contributed by atoms with Crippen LogP contribution in [0.1, 0.15) is 0 Å². The van der Waals surface area contributed by atoms with Gasteiger partial charge in [-0.1, -0.05) is 4.62 Å². The minimum Gasteiger partial charge on any atom is -0.300 e. The van der Waals surface area contributed by atoms with Crippen molar-refractivity contribution in [1.82, 2.24) is 0 Å². The molecule has 5 nitrogen and oxygen atoms in total. The molecule has 0 amide bonds. The van der Waals surface area contributed by atoms with Crippen LogP contribution in [0.25, 0.3) is 0 Å². The lowest BCUT2D eigenvalue weighted by molar-refractivity contribution is -1.04. The number of phosphoric acid groups is 1.